The summed E-state index contributed by atoms with van der Waals surface area (Å²) in [6.07, 6.45) is 30.1. The zero-order valence-corrected chi connectivity index (χ0v) is 36.2. The predicted molar refractivity (Wildman–Crippen MR) is 231 cm³/mol. The van der Waals surface area contributed by atoms with Crippen molar-refractivity contribution in [1.82, 2.24) is 5.32 Å². The fourth-order valence-corrected chi connectivity index (χ4v) is 11.4. The van der Waals surface area contributed by atoms with E-state index in [4.69, 9.17) is 15.9 Å². The molecule has 0 aromatic rings. The molecule has 0 saturated carbocycles. The number of aliphatic carboxylic acids is 2. The van der Waals surface area contributed by atoms with Crippen LogP contribution in [0.15, 0.2) is 0 Å². The molecule has 1 atom stereocenters. The van der Waals surface area contributed by atoms with Gasteiger partial charge in [0.2, 0.25) is 5.91 Å². The van der Waals surface area contributed by atoms with E-state index in [1.807, 2.05) is 0 Å². The van der Waals surface area contributed by atoms with E-state index >= 15 is 0 Å². The minimum atomic E-state index is -0.978. The quantitative estimate of drug-likeness (QED) is 0.0117. The Bertz CT molecular complexity index is 885. The Labute approximate surface area is 337 Å². The second-order valence-electron chi connectivity index (χ2n) is 13.5. The minimum absolute atomic E-state index is 0.0614. The topological polar surface area (TPSA) is 147 Å². The highest BCUT2D eigenvalue weighted by Crippen LogP contribution is 2.75. The van der Waals surface area contributed by atoms with Gasteiger partial charge in [-0.15, -0.1) is 12.6 Å². The number of carboxylic acids is 2. The third-order valence-corrected chi connectivity index (χ3v) is 17.7. The highest BCUT2D eigenvalue weighted by molar-refractivity contribution is 9.07. The van der Waals surface area contributed by atoms with E-state index in [-0.39, 0.29) is 8.65 Å². The molecular formula is C37H70N2O6S6. The summed E-state index contributed by atoms with van der Waals surface area (Å²) in [5.41, 5.74) is 5.46. The Morgan fingerprint density at radius 1 is 0.608 bits per heavy atom. The maximum atomic E-state index is 12.1. The highest BCUT2D eigenvalue weighted by Gasteiger charge is 2.43. The minimum Gasteiger partial charge on any atom is -0.481 e. The summed E-state index contributed by atoms with van der Waals surface area (Å²) in [7, 11) is 7.11. The number of amides is 1. The summed E-state index contributed by atoms with van der Waals surface area (Å²) in [4.78, 5) is 45.1. The van der Waals surface area contributed by atoms with Crippen LogP contribution in [-0.4, -0.2) is 54.3 Å². The van der Waals surface area contributed by atoms with Crippen LogP contribution in [0, 0.1) is 0 Å². The van der Waals surface area contributed by atoms with Crippen molar-refractivity contribution in [2.45, 2.75) is 195 Å². The van der Waals surface area contributed by atoms with Gasteiger partial charge >= 0.3 is 11.9 Å². The Kier molecular flexibility index (Phi) is 37.2. The number of Topliss-reactive ketones (excluding diaryl/α,β-unsaturated/α-hetero) is 1. The Morgan fingerprint density at radius 2 is 1.00 bits per heavy atom. The van der Waals surface area contributed by atoms with Gasteiger partial charge in [0.1, 0.15) is 11.8 Å². The molecule has 8 nitrogen and oxygen atoms in total. The lowest BCUT2D eigenvalue weighted by Gasteiger charge is -2.07. The molecule has 1 amide bonds. The molecule has 14 heteroatoms. The van der Waals surface area contributed by atoms with Gasteiger partial charge in [-0.1, -0.05) is 137 Å². The number of hydrogen-bond donors (Lipinski definition) is 6. The first-order valence-corrected chi connectivity index (χ1v) is 25.1. The van der Waals surface area contributed by atoms with Crippen molar-refractivity contribution in [2.24, 2.45) is 5.73 Å². The largest absolute Gasteiger partial charge is 0.481 e. The molecule has 1 aliphatic rings. The van der Waals surface area contributed by atoms with Crippen molar-refractivity contribution in [1.29, 1.82) is 0 Å². The van der Waals surface area contributed by atoms with Gasteiger partial charge in [-0.05, 0) is 66.5 Å². The van der Waals surface area contributed by atoms with Gasteiger partial charge in [-0.3, -0.25) is 19.2 Å². The number of unbranched alkanes of at least 4 members (excludes halogenated alkanes) is 21. The number of nitrogens with two attached hydrogens (primary N) is 1. The molecule has 1 aliphatic heterocycles. The standard InChI is InChI=1S/C35H66N2O6.C2H4S6/c36-32(35(42)43)27-23-24-30-37-33(39)28-21-17-14-13-16-20-26-31(38)25-19-15-11-9-7-5-3-1-2-4-6-8-10-12-18-22-29-34(40)41;3-1-5-6-2(4)7-8-2/h32H,1-30,36H2,(H,37,39)(H,40,41)(H,42,43);3-4H,1H2/t32-;/m0./s1. The maximum absolute atomic E-state index is 12.1. The summed E-state index contributed by atoms with van der Waals surface area (Å²) >= 11 is 8.38. The van der Waals surface area contributed by atoms with Crippen LogP contribution in [0.3, 0.4) is 0 Å². The van der Waals surface area contributed by atoms with Gasteiger partial charge in [0.25, 0.3) is 0 Å². The lowest BCUT2D eigenvalue weighted by molar-refractivity contribution is -0.139. The lowest BCUT2D eigenvalue weighted by atomic mass is 10.0. The number of rotatable bonds is 37. The van der Waals surface area contributed by atoms with E-state index in [1.54, 1.807) is 43.2 Å². The molecule has 51 heavy (non-hydrogen) atoms. The van der Waals surface area contributed by atoms with Gasteiger partial charge in [0, 0.05) is 37.3 Å². The van der Waals surface area contributed by atoms with Crippen molar-refractivity contribution in [3.05, 3.63) is 0 Å². The van der Waals surface area contributed by atoms with Crippen LogP contribution in [0.4, 0.5) is 0 Å². The monoisotopic (exact) mass is 830 g/mol. The Morgan fingerprint density at radius 3 is 1.37 bits per heavy atom. The van der Waals surface area contributed by atoms with Crippen LogP contribution < -0.4 is 11.1 Å². The predicted octanol–water partition coefficient (Wildman–Crippen LogP) is 11.7. The van der Waals surface area contributed by atoms with Gasteiger partial charge in [-0.25, -0.2) is 0 Å². The van der Waals surface area contributed by atoms with E-state index in [2.05, 4.69) is 30.6 Å². The first-order chi connectivity index (χ1) is 24.6. The van der Waals surface area contributed by atoms with Crippen molar-refractivity contribution in [3.63, 3.8) is 0 Å². The SMILES string of the molecule is N[C@@H](CCCCNC(=O)CCCCCCCCC(=O)CCCCCCCCCCCCCCCCCCC(=O)O)C(=O)O.SCSSC1(S)SS1. The summed E-state index contributed by atoms with van der Waals surface area (Å²) in [6, 6.07) is -0.816. The van der Waals surface area contributed by atoms with E-state index < -0.39 is 18.0 Å². The smallest absolute Gasteiger partial charge is 0.320 e. The fraction of sp³-hybridized carbons (Fsp3) is 0.892. The van der Waals surface area contributed by atoms with Gasteiger partial charge < -0.3 is 21.3 Å². The van der Waals surface area contributed by atoms with Crippen molar-refractivity contribution in [3.8, 4) is 0 Å². The molecule has 1 heterocycles. The Hall–Kier alpha value is 0.140. The first-order valence-electron chi connectivity index (χ1n) is 19.6. The lowest BCUT2D eigenvalue weighted by Crippen LogP contribution is -2.30. The number of carboxylic acid groups (broad SMARTS) is 2. The zero-order chi connectivity index (χ0) is 37.8. The summed E-state index contributed by atoms with van der Waals surface area (Å²) in [5.74, 6) is -1.18. The molecule has 1 fully saturated rings. The molecule has 1 rings (SSSR count). The molecule has 0 spiro atoms. The molecule has 0 unspecified atom stereocenters. The zero-order valence-electron chi connectivity index (χ0n) is 31.1. The summed E-state index contributed by atoms with van der Waals surface area (Å²) in [6.45, 7) is 0.573. The van der Waals surface area contributed by atoms with E-state index in [9.17, 15) is 19.2 Å². The summed E-state index contributed by atoms with van der Waals surface area (Å²) in [5, 5.41) is 21.1. The van der Waals surface area contributed by atoms with E-state index in [0.717, 1.165) is 75.7 Å². The third-order valence-electron chi connectivity index (χ3n) is 8.73. The first kappa shape index (κ1) is 51.1. The molecule has 0 aliphatic carbocycles. The molecular weight excluding hydrogens is 761 g/mol. The van der Waals surface area contributed by atoms with E-state index in [1.165, 1.54) is 83.5 Å². The average Bonchev–Trinajstić information content (AvgIpc) is 3.84. The molecule has 0 aromatic carbocycles. The van der Waals surface area contributed by atoms with Crippen molar-refractivity contribution in [2.75, 3.05) is 11.6 Å². The summed E-state index contributed by atoms with van der Waals surface area (Å²) < 4.78 is 0.160. The van der Waals surface area contributed by atoms with Gasteiger partial charge in [0.05, 0.1) is 0 Å². The van der Waals surface area contributed by atoms with Gasteiger partial charge in [0.15, 0.2) is 2.74 Å². The molecule has 1 saturated heterocycles. The number of nitrogens with one attached hydrogen (secondary N) is 1. The van der Waals surface area contributed by atoms with Crippen molar-refractivity contribution >= 4 is 92.1 Å². The van der Waals surface area contributed by atoms with Crippen molar-refractivity contribution < 1.29 is 29.4 Å². The van der Waals surface area contributed by atoms with Crippen LogP contribution in [0.1, 0.15) is 186 Å². The van der Waals surface area contributed by atoms with Crippen LogP contribution in [-0.2, 0) is 19.2 Å². The van der Waals surface area contributed by atoms with E-state index in [0.29, 0.717) is 44.4 Å². The van der Waals surface area contributed by atoms with Crippen LogP contribution in [0.25, 0.3) is 0 Å². The molecule has 0 aromatic heterocycles. The maximum Gasteiger partial charge on any atom is 0.320 e. The highest BCUT2D eigenvalue weighted by atomic mass is 33.2. The number of hydrogen-bond acceptors (Lipinski definition) is 11. The number of carbonyl (C=O) groups is 4. The van der Waals surface area contributed by atoms with Crippen LogP contribution in [0.2, 0.25) is 0 Å². The molecule has 300 valence electrons. The molecule has 5 N–H and O–H groups in total. The second kappa shape index (κ2) is 37.1. The number of thiol groups is 2. The molecule has 0 radical (unpaired) electrons. The second-order valence-corrected chi connectivity index (χ2v) is 21.7. The number of ketones is 1. The number of carbonyl (C=O) groups excluding carboxylic acids is 2. The fourth-order valence-electron chi connectivity index (χ4n) is 5.61. The normalized spacial score (nSPS) is 13.6. The average molecular weight is 831 g/mol. The van der Waals surface area contributed by atoms with Crippen LogP contribution in [0.5, 0.6) is 0 Å². The third kappa shape index (κ3) is 39.6. The van der Waals surface area contributed by atoms with Crippen LogP contribution >= 0.6 is 68.4 Å². The molecule has 0 bridgehead atoms. The Balaban J connectivity index is 0.00000272. The van der Waals surface area contributed by atoms with Gasteiger partial charge in [-0.2, -0.15) is 12.6 Å².